The fourth-order valence-electron chi connectivity index (χ4n) is 1.72. The van der Waals surface area contributed by atoms with E-state index in [1.54, 1.807) is 43.3 Å². The zero-order valence-electron chi connectivity index (χ0n) is 10.2. The molecule has 0 atom stereocenters. The van der Waals surface area contributed by atoms with Gasteiger partial charge in [-0.1, -0.05) is 24.3 Å². The highest BCUT2D eigenvalue weighted by Gasteiger charge is 2.14. The van der Waals surface area contributed by atoms with Crippen LogP contribution in [0.15, 0.2) is 42.5 Å². The van der Waals surface area contributed by atoms with Crippen molar-refractivity contribution in [1.29, 1.82) is 0 Å². The van der Waals surface area contributed by atoms with Gasteiger partial charge in [-0.05, 0) is 30.7 Å². The summed E-state index contributed by atoms with van der Waals surface area (Å²) in [5, 5.41) is 0. The van der Waals surface area contributed by atoms with Crippen LogP contribution in [-0.2, 0) is 0 Å². The number of ether oxygens (including phenoxy) is 1. The largest absolute Gasteiger partial charge is 0.496 e. The Hall–Kier alpha value is -2.16. The van der Waals surface area contributed by atoms with E-state index in [4.69, 9.17) is 4.74 Å². The Balaban J connectivity index is 2.44. The topological polar surface area (TPSA) is 26.3 Å². The van der Waals surface area contributed by atoms with Crippen LogP contribution in [0, 0.1) is 12.7 Å². The average molecular weight is 244 g/mol. The minimum atomic E-state index is -0.379. The number of ketones is 1. The Kier molecular flexibility index (Phi) is 3.42. The summed E-state index contributed by atoms with van der Waals surface area (Å²) in [7, 11) is 1.50. The van der Waals surface area contributed by atoms with E-state index in [1.165, 1.54) is 13.2 Å². The van der Waals surface area contributed by atoms with Gasteiger partial charge in [0.1, 0.15) is 11.6 Å². The smallest absolute Gasteiger partial charge is 0.196 e. The minimum Gasteiger partial charge on any atom is -0.496 e. The fourth-order valence-corrected chi connectivity index (χ4v) is 1.72. The summed E-state index contributed by atoms with van der Waals surface area (Å²) in [6.07, 6.45) is 0. The van der Waals surface area contributed by atoms with Gasteiger partial charge in [0.25, 0.3) is 0 Å². The second-order valence-electron chi connectivity index (χ2n) is 3.99. The summed E-state index contributed by atoms with van der Waals surface area (Å²) < 4.78 is 18.6. The molecular formula is C15H13FO2. The van der Waals surface area contributed by atoms with Gasteiger partial charge in [0.05, 0.1) is 12.7 Å². The number of aryl methyl sites for hydroxylation is 1. The molecule has 0 bridgehead atoms. The SMILES string of the molecule is COc1ccccc1C(=O)c1ccc(C)c(F)c1. The molecule has 0 aliphatic rings. The number of carbonyl (C=O) groups is 1. The predicted molar refractivity (Wildman–Crippen MR) is 67.6 cm³/mol. The third kappa shape index (κ3) is 2.25. The number of hydrogen-bond acceptors (Lipinski definition) is 2. The van der Waals surface area contributed by atoms with Crippen molar-refractivity contribution < 1.29 is 13.9 Å². The van der Waals surface area contributed by atoms with Crippen molar-refractivity contribution in [2.24, 2.45) is 0 Å². The number of methoxy groups -OCH3 is 1. The molecule has 0 amide bonds. The fraction of sp³-hybridized carbons (Fsp3) is 0.133. The van der Waals surface area contributed by atoms with Gasteiger partial charge in [-0.25, -0.2) is 4.39 Å². The van der Waals surface area contributed by atoms with Crippen molar-refractivity contribution in [2.75, 3.05) is 7.11 Å². The molecule has 0 N–H and O–H groups in total. The van der Waals surface area contributed by atoms with Crippen LogP contribution in [0.2, 0.25) is 0 Å². The second kappa shape index (κ2) is 5.00. The molecule has 2 nitrogen and oxygen atoms in total. The molecule has 18 heavy (non-hydrogen) atoms. The van der Waals surface area contributed by atoms with E-state index in [0.717, 1.165) is 0 Å². The summed E-state index contributed by atoms with van der Waals surface area (Å²) in [6, 6.07) is 11.4. The highest BCUT2D eigenvalue weighted by atomic mass is 19.1. The Labute approximate surface area is 105 Å². The highest BCUT2D eigenvalue weighted by Crippen LogP contribution is 2.21. The van der Waals surface area contributed by atoms with Gasteiger partial charge in [-0.15, -0.1) is 0 Å². The zero-order chi connectivity index (χ0) is 13.1. The van der Waals surface area contributed by atoms with Crippen LogP contribution in [0.5, 0.6) is 5.75 Å². The number of rotatable bonds is 3. The van der Waals surface area contributed by atoms with E-state index in [0.29, 0.717) is 22.4 Å². The summed E-state index contributed by atoms with van der Waals surface area (Å²) >= 11 is 0. The van der Waals surface area contributed by atoms with E-state index >= 15 is 0 Å². The highest BCUT2D eigenvalue weighted by molar-refractivity contribution is 6.10. The molecule has 2 aromatic rings. The first kappa shape index (κ1) is 12.3. The molecule has 3 heteroatoms. The molecule has 0 fully saturated rings. The van der Waals surface area contributed by atoms with Gasteiger partial charge < -0.3 is 4.74 Å². The van der Waals surface area contributed by atoms with Crippen molar-refractivity contribution in [2.45, 2.75) is 6.92 Å². The van der Waals surface area contributed by atoms with Crippen molar-refractivity contribution in [3.8, 4) is 5.75 Å². The van der Waals surface area contributed by atoms with Gasteiger partial charge in [-0.3, -0.25) is 4.79 Å². The molecule has 0 aliphatic carbocycles. The van der Waals surface area contributed by atoms with Crippen LogP contribution in [-0.4, -0.2) is 12.9 Å². The normalized spacial score (nSPS) is 10.2. The van der Waals surface area contributed by atoms with Crippen molar-refractivity contribution >= 4 is 5.78 Å². The number of hydrogen-bond donors (Lipinski definition) is 0. The molecule has 0 aliphatic heterocycles. The number of carbonyl (C=O) groups excluding carboxylic acids is 1. The molecule has 0 saturated heterocycles. The lowest BCUT2D eigenvalue weighted by molar-refractivity contribution is 0.103. The van der Waals surface area contributed by atoms with Crippen LogP contribution < -0.4 is 4.74 Å². The van der Waals surface area contributed by atoms with Crippen LogP contribution in [0.25, 0.3) is 0 Å². The molecule has 0 heterocycles. The van der Waals surface area contributed by atoms with Crippen LogP contribution in [0.1, 0.15) is 21.5 Å². The maximum absolute atomic E-state index is 13.5. The minimum absolute atomic E-state index is 0.244. The van der Waals surface area contributed by atoms with Crippen LogP contribution in [0.4, 0.5) is 4.39 Å². The molecule has 0 spiro atoms. The molecule has 0 aromatic heterocycles. The number of halogens is 1. The standard InChI is InChI=1S/C15H13FO2/c1-10-7-8-11(9-13(10)16)15(17)12-5-3-4-6-14(12)18-2/h3-9H,1-2H3. The summed E-state index contributed by atoms with van der Waals surface area (Å²) in [4.78, 5) is 12.2. The Bertz CT molecular complexity index is 591. The van der Waals surface area contributed by atoms with E-state index in [1.807, 2.05) is 0 Å². The third-order valence-electron chi connectivity index (χ3n) is 2.79. The molecule has 2 rings (SSSR count). The van der Waals surface area contributed by atoms with Gasteiger partial charge in [0.15, 0.2) is 5.78 Å². The lowest BCUT2D eigenvalue weighted by Crippen LogP contribution is -2.04. The second-order valence-corrected chi connectivity index (χ2v) is 3.99. The first-order valence-electron chi connectivity index (χ1n) is 5.57. The molecule has 0 radical (unpaired) electrons. The number of benzene rings is 2. The Morgan fingerprint density at radius 3 is 2.56 bits per heavy atom. The number of para-hydroxylation sites is 1. The quantitative estimate of drug-likeness (QED) is 0.774. The Morgan fingerprint density at radius 1 is 1.17 bits per heavy atom. The maximum atomic E-state index is 13.5. The molecule has 0 unspecified atom stereocenters. The van der Waals surface area contributed by atoms with Crippen molar-refractivity contribution in [3.05, 3.63) is 65.0 Å². The van der Waals surface area contributed by atoms with Gasteiger partial charge in [0.2, 0.25) is 0 Å². The summed E-state index contributed by atoms with van der Waals surface area (Å²) in [5.41, 5.74) is 1.28. The molecular weight excluding hydrogens is 231 g/mol. The van der Waals surface area contributed by atoms with Gasteiger partial charge in [-0.2, -0.15) is 0 Å². The molecule has 0 saturated carbocycles. The van der Waals surface area contributed by atoms with Crippen molar-refractivity contribution in [3.63, 3.8) is 0 Å². The Morgan fingerprint density at radius 2 is 1.89 bits per heavy atom. The lowest BCUT2D eigenvalue weighted by atomic mass is 10.0. The maximum Gasteiger partial charge on any atom is 0.196 e. The molecule has 2 aromatic carbocycles. The van der Waals surface area contributed by atoms with Crippen molar-refractivity contribution in [1.82, 2.24) is 0 Å². The zero-order valence-corrected chi connectivity index (χ0v) is 10.2. The van der Waals surface area contributed by atoms with Gasteiger partial charge >= 0.3 is 0 Å². The van der Waals surface area contributed by atoms with E-state index in [2.05, 4.69) is 0 Å². The first-order valence-corrected chi connectivity index (χ1v) is 5.57. The monoisotopic (exact) mass is 244 g/mol. The van der Waals surface area contributed by atoms with Crippen LogP contribution in [0.3, 0.4) is 0 Å². The average Bonchev–Trinajstić information content (AvgIpc) is 2.41. The van der Waals surface area contributed by atoms with Crippen LogP contribution >= 0.6 is 0 Å². The van der Waals surface area contributed by atoms with E-state index in [-0.39, 0.29) is 11.6 Å². The lowest BCUT2D eigenvalue weighted by Gasteiger charge is -2.07. The molecule has 92 valence electrons. The van der Waals surface area contributed by atoms with E-state index in [9.17, 15) is 9.18 Å². The van der Waals surface area contributed by atoms with E-state index < -0.39 is 0 Å². The third-order valence-corrected chi connectivity index (χ3v) is 2.79. The first-order chi connectivity index (χ1) is 8.63. The predicted octanol–water partition coefficient (Wildman–Crippen LogP) is 3.37. The summed E-state index contributed by atoms with van der Waals surface area (Å²) in [6.45, 7) is 1.66. The summed E-state index contributed by atoms with van der Waals surface area (Å²) in [5.74, 6) is -0.134. The van der Waals surface area contributed by atoms with Gasteiger partial charge in [0, 0.05) is 5.56 Å².